The van der Waals surface area contributed by atoms with Gasteiger partial charge in [-0.2, -0.15) is 4.37 Å². The van der Waals surface area contributed by atoms with Gasteiger partial charge in [0.15, 0.2) is 11.5 Å². The summed E-state index contributed by atoms with van der Waals surface area (Å²) in [6.07, 6.45) is 7.14. The van der Waals surface area contributed by atoms with Gasteiger partial charge in [-0.1, -0.05) is 0 Å². The van der Waals surface area contributed by atoms with Crippen LogP contribution in [0.5, 0.6) is 0 Å². The quantitative estimate of drug-likeness (QED) is 0.811. The number of primary amides is 1. The van der Waals surface area contributed by atoms with Crippen LogP contribution in [0.25, 0.3) is 0 Å². The van der Waals surface area contributed by atoms with Gasteiger partial charge in [0.05, 0.1) is 11.9 Å². The number of anilines is 3. The summed E-state index contributed by atoms with van der Waals surface area (Å²) in [5, 5.41) is 4.05. The highest BCUT2D eigenvalue weighted by molar-refractivity contribution is 7.10. The molecule has 2 saturated heterocycles. The lowest BCUT2D eigenvalue weighted by Crippen LogP contribution is -2.30. The summed E-state index contributed by atoms with van der Waals surface area (Å²) in [4.78, 5) is 22.9. The molecule has 0 spiro atoms. The molecule has 2 fully saturated rings. The summed E-state index contributed by atoms with van der Waals surface area (Å²) >= 11 is 1.36. The summed E-state index contributed by atoms with van der Waals surface area (Å²) in [6.45, 7) is 3.47. The van der Waals surface area contributed by atoms with E-state index >= 15 is 0 Å². The van der Waals surface area contributed by atoms with Gasteiger partial charge in [0.2, 0.25) is 0 Å². The Kier molecular flexibility index (Phi) is 5.49. The molecule has 0 atom stereocenters. The average molecular weight is 388 g/mol. The second kappa shape index (κ2) is 8.18. The van der Waals surface area contributed by atoms with Crippen molar-refractivity contribution < 1.29 is 9.53 Å². The number of aromatic nitrogens is 3. The summed E-state index contributed by atoms with van der Waals surface area (Å²) < 4.78 is 9.99. The minimum absolute atomic E-state index is 0.150. The smallest absolute Gasteiger partial charge is 0.271 e. The molecule has 8 nitrogen and oxygen atoms in total. The highest BCUT2D eigenvalue weighted by Gasteiger charge is 2.21. The zero-order valence-electron chi connectivity index (χ0n) is 15.2. The number of nitrogens with zero attached hydrogens (tertiary/aromatic N) is 4. The van der Waals surface area contributed by atoms with E-state index in [2.05, 4.69) is 24.6 Å². The van der Waals surface area contributed by atoms with Crippen LogP contribution in [0.15, 0.2) is 12.3 Å². The Morgan fingerprint density at radius 3 is 2.78 bits per heavy atom. The lowest BCUT2D eigenvalue weighted by molar-refractivity contribution is 0.0847. The molecule has 2 aromatic heterocycles. The number of hydrogen-bond donors (Lipinski definition) is 2. The molecule has 144 valence electrons. The van der Waals surface area contributed by atoms with E-state index in [9.17, 15) is 4.79 Å². The van der Waals surface area contributed by atoms with Gasteiger partial charge in [-0.3, -0.25) is 4.79 Å². The van der Waals surface area contributed by atoms with Crippen molar-refractivity contribution in [1.82, 2.24) is 14.3 Å². The molecule has 4 heterocycles. The van der Waals surface area contributed by atoms with Gasteiger partial charge in [-0.15, -0.1) is 0 Å². The topological polar surface area (TPSA) is 106 Å². The fourth-order valence-corrected chi connectivity index (χ4v) is 4.29. The Balaban J connectivity index is 1.56. The van der Waals surface area contributed by atoms with Gasteiger partial charge in [-0.25, -0.2) is 9.97 Å². The molecule has 0 unspecified atom stereocenters. The Hall–Kier alpha value is -2.26. The van der Waals surface area contributed by atoms with E-state index in [-0.39, 0.29) is 5.69 Å². The second-order valence-electron chi connectivity index (χ2n) is 6.97. The number of hydrogen-bond acceptors (Lipinski definition) is 8. The first-order valence-electron chi connectivity index (χ1n) is 9.44. The molecule has 1 amide bonds. The Morgan fingerprint density at radius 2 is 2.04 bits per heavy atom. The van der Waals surface area contributed by atoms with Crippen molar-refractivity contribution >= 4 is 34.1 Å². The fourth-order valence-electron chi connectivity index (χ4n) is 3.57. The molecule has 2 aliphatic rings. The van der Waals surface area contributed by atoms with Gasteiger partial charge in [0, 0.05) is 32.2 Å². The highest BCUT2D eigenvalue weighted by atomic mass is 32.1. The Bertz CT molecular complexity index is 799. The van der Waals surface area contributed by atoms with Crippen molar-refractivity contribution in [3.8, 4) is 0 Å². The number of rotatable bonds is 5. The van der Waals surface area contributed by atoms with Crippen LogP contribution in [-0.2, 0) is 4.74 Å². The first-order chi connectivity index (χ1) is 13.2. The zero-order chi connectivity index (χ0) is 18.6. The number of piperidine rings is 1. The van der Waals surface area contributed by atoms with Crippen molar-refractivity contribution in [2.24, 2.45) is 5.73 Å². The van der Waals surface area contributed by atoms with E-state index in [0.717, 1.165) is 68.5 Å². The molecule has 27 heavy (non-hydrogen) atoms. The Labute approximate surface area is 162 Å². The standard InChI is InChI=1S/C18H24N6O2S/c19-17(25)16-18(21-14(11-20-16)24-6-2-1-3-7-24)22-15-10-13(23-27-15)12-4-8-26-9-5-12/h10-12H,1-9H2,(H2,19,25)(H,21,22). The predicted molar refractivity (Wildman–Crippen MR) is 105 cm³/mol. The Morgan fingerprint density at radius 1 is 1.26 bits per heavy atom. The first-order valence-corrected chi connectivity index (χ1v) is 10.2. The molecule has 4 rings (SSSR count). The molecule has 9 heteroatoms. The summed E-state index contributed by atoms with van der Waals surface area (Å²) in [6, 6.07) is 2.03. The third-order valence-corrected chi connectivity index (χ3v) is 5.80. The van der Waals surface area contributed by atoms with Crippen molar-refractivity contribution in [3.63, 3.8) is 0 Å². The maximum atomic E-state index is 11.8. The number of carbonyl (C=O) groups excluding carboxylic acids is 1. The van der Waals surface area contributed by atoms with E-state index in [1.165, 1.54) is 18.0 Å². The number of nitrogens with two attached hydrogens (primary N) is 1. The molecule has 3 N–H and O–H groups in total. The molecule has 0 aromatic carbocycles. The second-order valence-corrected chi connectivity index (χ2v) is 7.77. The first kappa shape index (κ1) is 18.1. The van der Waals surface area contributed by atoms with Crippen LogP contribution in [-0.4, -0.2) is 46.6 Å². The number of carbonyl (C=O) groups is 1. The van der Waals surface area contributed by atoms with Gasteiger partial charge >= 0.3 is 0 Å². The van der Waals surface area contributed by atoms with E-state index in [4.69, 9.17) is 10.5 Å². The summed E-state index contributed by atoms with van der Waals surface area (Å²) in [5.74, 6) is 1.00. The molecule has 0 aliphatic carbocycles. The van der Waals surface area contributed by atoms with Crippen molar-refractivity contribution in [2.75, 3.05) is 36.5 Å². The predicted octanol–water partition coefficient (Wildman–Crippen LogP) is 2.66. The van der Waals surface area contributed by atoms with Gasteiger partial charge in [0.1, 0.15) is 10.8 Å². The van der Waals surface area contributed by atoms with Crippen LogP contribution in [0.2, 0.25) is 0 Å². The normalized spacial score (nSPS) is 18.4. The number of nitrogens with one attached hydrogen (secondary N) is 1. The number of amides is 1. The van der Waals surface area contributed by atoms with Crippen LogP contribution in [0.4, 0.5) is 16.6 Å². The lowest BCUT2D eigenvalue weighted by atomic mass is 9.97. The van der Waals surface area contributed by atoms with Gasteiger partial charge in [-0.05, 0) is 49.7 Å². The molecule has 0 saturated carbocycles. The van der Waals surface area contributed by atoms with Crippen molar-refractivity contribution in [1.29, 1.82) is 0 Å². The summed E-state index contributed by atoms with van der Waals surface area (Å²) in [5.41, 5.74) is 6.71. The minimum atomic E-state index is -0.593. The molecule has 0 radical (unpaired) electrons. The van der Waals surface area contributed by atoms with E-state index < -0.39 is 5.91 Å². The fraction of sp³-hybridized carbons (Fsp3) is 0.556. The van der Waals surface area contributed by atoms with Gasteiger partial charge < -0.3 is 20.7 Å². The van der Waals surface area contributed by atoms with Crippen molar-refractivity contribution in [2.45, 2.75) is 38.0 Å². The third-order valence-electron chi connectivity index (χ3n) is 5.08. The number of ether oxygens (including phenoxy) is 1. The average Bonchev–Trinajstić information content (AvgIpc) is 3.17. The van der Waals surface area contributed by atoms with Crippen molar-refractivity contribution in [3.05, 3.63) is 23.7 Å². The molecule has 2 aromatic rings. The maximum absolute atomic E-state index is 11.8. The zero-order valence-corrected chi connectivity index (χ0v) is 16.0. The molecular formula is C18H24N6O2S. The highest BCUT2D eigenvalue weighted by Crippen LogP contribution is 2.31. The third kappa shape index (κ3) is 4.19. The SMILES string of the molecule is NC(=O)c1ncc(N2CCCCC2)nc1Nc1cc(C2CCOCC2)ns1. The van der Waals surface area contributed by atoms with Gasteiger partial charge in [0.25, 0.3) is 5.91 Å². The van der Waals surface area contributed by atoms with E-state index in [1.54, 1.807) is 6.20 Å². The maximum Gasteiger partial charge on any atom is 0.271 e. The largest absolute Gasteiger partial charge is 0.381 e. The lowest BCUT2D eigenvalue weighted by Gasteiger charge is -2.27. The van der Waals surface area contributed by atoms with Crippen LogP contribution in [0.1, 0.15) is 54.2 Å². The van der Waals surface area contributed by atoms with Crippen LogP contribution in [0.3, 0.4) is 0 Å². The molecule has 0 bridgehead atoms. The minimum Gasteiger partial charge on any atom is -0.381 e. The molecule has 2 aliphatic heterocycles. The van der Waals surface area contributed by atoms with E-state index in [1.807, 2.05) is 6.07 Å². The van der Waals surface area contributed by atoms with Crippen LogP contribution < -0.4 is 16.0 Å². The molecular weight excluding hydrogens is 364 g/mol. The van der Waals surface area contributed by atoms with Crippen LogP contribution >= 0.6 is 11.5 Å². The van der Waals surface area contributed by atoms with Crippen LogP contribution in [0, 0.1) is 0 Å². The van der Waals surface area contributed by atoms with E-state index in [0.29, 0.717) is 11.7 Å². The summed E-state index contributed by atoms with van der Waals surface area (Å²) in [7, 11) is 0. The monoisotopic (exact) mass is 388 g/mol.